The zero-order valence-corrected chi connectivity index (χ0v) is 15.2. The molecule has 2 fully saturated rings. The highest BCUT2D eigenvalue weighted by molar-refractivity contribution is 5.67. The minimum absolute atomic E-state index is 0.214. The Kier molecular flexibility index (Phi) is 4.24. The van der Waals surface area contributed by atoms with E-state index >= 15 is 0 Å². The molecule has 140 valence electrons. The number of anilines is 1. The maximum absolute atomic E-state index is 12.0. The highest BCUT2D eigenvalue weighted by Gasteiger charge is 2.44. The lowest BCUT2D eigenvalue weighted by atomic mass is 9.97. The van der Waals surface area contributed by atoms with Gasteiger partial charge in [0.1, 0.15) is 12.4 Å². The Hall–Kier alpha value is -2.53. The molecule has 5 nitrogen and oxygen atoms in total. The molecule has 0 aromatic heterocycles. The maximum Gasteiger partial charge on any atom is 0.514 e. The molecule has 0 amide bonds. The van der Waals surface area contributed by atoms with Gasteiger partial charge in [0.15, 0.2) is 0 Å². The molecule has 2 saturated carbocycles. The van der Waals surface area contributed by atoms with E-state index in [4.69, 9.17) is 9.47 Å². The van der Waals surface area contributed by atoms with Crippen molar-refractivity contribution >= 4 is 11.8 Å². The van der Waals surface area contributed by atoms with E-state index in [0.29, 0.717) is 23.8 Å². The average molecular weight is 364 g/mol. The number of rotatable bonds is 5. The van der Waals surface area contributed by atoms with Gasteiger partial charge >= 0.3 is 6.16 Å². The van der Waals surface area contributed by atoms with Gasteiger partial charge in [0.25, 0.3) is 0 Å². The zero-order valence-electron chi connectivity index (χ0n) is 15.2. The molecule has 0 bridgehead atoms. The summed E-state index contributed by atoms with van der Waals surface area (Å²) >= 11 is 0. The number of benzene rings is 2. The molecule has 1 heterocycles. The highest BCUT2D eigenvalue weighted by atomic mass is 16.7. The van der Waals surface area contributed by atoms with Crippen molar-refractivity contribution in [1.82, 2.24) is 5.32 Å². The van der Waals surface area contributed by atoms with Crippen molar-refractivity contribution in [2.45, 2.75) is 56.3 Å². The molecule has 0 spiro atoms. The van der Waals surface area contributed by atoms with Crippen LogP contribution in [0.2, 0.25) is 0 Å². The van der Waals surface area contributed by atoms with Crippen molar-refractivity contribution < 1.29 is 14.3 Å². The van der Waals surface area contributed by atoms with Crippen LogP contribution >= 0.6 is 0 Å². The molecule has 2 aliphatic carbocycles. The SMILES string of the molecule is O=C(OCc1ccccc1)Oc1ccc2c(c1)C1CCC(NC3CC3)C1N2. The van der Waals surface area contributed by atoms with Crippen LogP contribution in [0.15, 0.2) is 48.5 Å². The number of nitrogens with one attached hydrogen (secondary N) is 2. The van der Waals surface area contributed by atoms with Gasteiger partial charge in [-0.1, -0.05) is 30.3 Å². The Labute approximate surface area is 159 Å². The molecule has 3 unspecified atom stereocenters. The Bertz CT molecular complexity index is 835. The molecule has 0 saturated heterocycles. The molecule has 1 aliphatic heterocycles. The first-order valence-corrected chi connectivity index (χ1v) is 9.81. The van der Waals surface area contributed by atoms with E-state index in [1.165, 1.54) is 24.8 Å². The van der Waals surface area contributed by atoms with Crippen LogP contribution in [-0.2, 0) is 11.3 Å². The van der Waals surface area contributed by atoms with Gasteiger partial charge in [-0.25, -0.2) is 4.79 Å². The Morgan fingerprint density at radius 1 is 1.07 bits per heavy atom. The standard InChI is InChI=1S/C22H24N2O3/c25-22(26-13-14-4-2-1-3-5-14)27-16-8-10-19-18(12-16)17-9-11-20(21(17)24-19)23-15-6-7-15/h1-5,8,10,12,15,17,20-21,23-24H,6-7,9,11,13H2. The molecule has 27 heavy (non-hydrogen) atoms. The van der Waals surface area contributed by atoms with E-state index in [1.807, 2.05) is 48.5 Å². The number of carbonyl (C=O) groups is 1. The lowest BCUT2D eigenvalue weighted by Gasteiger charge is -2.21. The van der Waals surface area contributed by atoms with E-state index in [1.54, 1.807) is 0 Å². The second-order valence-electron chi connectivity index (χ2n) is 7.78. The van der Waals surface area contributed by atoms with E-state index in [-0.39, 0.29) is 6.61 Å². The number of fused-ring (bicyclic) bond motifs is 3. The molecule has 5 heteroatoms. The fourth-order valence-corrected chi connectivity index (χ4v) is 4.35. The smallest absolute Gasteiger partial charge is 0.429 e. The molecule has 2 N–H and O–H groups in total. The molecule has 2 aromatic rings. The minimum Gasteiger partial charge on any atom is -0.429 e. The molecule has 2 aromatic carbocycles. The van der Waals surface area contributed by atoms with Crippen molar-refractivity contribution in [2.24, 2.45) is 0 Å². The van der Waals surface area contributed by atoms with Crippen LogP contribution in [0.5, 0.6) is 5.75 Å². The van der Waals surface area contributed by atoms with E-state index in [2.05, 4.69) is 10.6 Å². The van der Waals surface area contributed by atoms with Crippen LogP contribution < -0.4 is 15.4 Å². The predicted molar refractivity (Wildman–Crippen MR) is 103 cm³/mol. The lowest BCUT2D eigenvalue weighted by Crippen LogP contribution is -2.41. The largest absolute Gasteiger partial charge is 0.514 e. The molecule has 0 radical (unpaired) electrons. The second-order valence-corrected chi connectivity index (χ2v) is 7.78. The summed E-state index contributed by atoms with van der Waals surface area (Å²) in [6.07, 6.45) is 4.31. The first kappa shape index (κ1) is 16.6. The number of carbonyl (C=O) groups excluding carboxylic acids is 1. The van der Waals surface area contributed by atoms with Gasteiger partial charge in [-0.15, -0.1) is 0 Å². The summed E-state index contributed by atoms with van der Waals surface area (Å²) in [6.45, 7) is 0.214. The van der Waals surface area contributed by atoms with Crippen molar-refractivity contribution in [3.63, 3.8) is 0 Å². The minimum atomic E-state index is -0.666. The van der Waals surface area contributed by atoms with Gasteiger partial charge in [0.2, 0.25) is 0 Å². The van der Waals surface area contributed by atoms with Gasteiger partial charge in [-0.2, -0.15) is 0 Å². The van der Waals surface area contributed by atoms with Gasteiger partial charge in [-0.05, 0) is 55.0 Å². The van der Waals surface area contributed by atoms with Crippen LogP contribution in [0.4, 0.5) is 10.5 Å². The molecular weight excluding hydrogens is 340 g/mol. The van der Waals surface area contributed by atoms with Crippen molar-refractivity contribution in [2.75, 3.05) is 5.32 Å². The van der Waals surface area contributed by atoms with E-state index < -0.39 is 6.16 Å². The van der Waals surface area contributed by atoms with Crippen molar-refractivity contribution in [3.05, 3.63) is 59.7 Å². The third-order valence-electron chi connectivity index (χ3n) is 5.83. The summed E-state index contributed by atoms with van der Waals surface area (Å²) in [5.74, 6) is 1.04. The van der Waals surface area contributed by atoms with Crippen LogP contribution in [0.1, 0.15) is 42.7 Å². The summed E-state index contributed by atoms with van der Waals surface area (Å²) in [5, 5.41) is 7.44. The first-order valence-electron chi connectivity index (χ1n) is 9.81. The summed E-state index contributed by atoms with van der Waals surface area (Å²) in [7, 11) is 0. The molecule has 3 atom stereocenters. The van der Waals surface area contributed by atoms with Crippen molar-refractivity contribution in [3.8, 4) is 5.75 Å². The number of hydrogen-bond acceptors (Lipinski definition) is 5. The van der Waals surface area contributed by atoms with Crippen LogP contribution in [0.25, 0.3) is 0 Å². The maximum atomic E-state index is 12.0. The highest BCUT2D eigenvalue weighted by Crippen LogP contribution is 2.47. The predicted octanol–water partition coefficient (Wildman–Crippen LogP) is 4.19. The summed E-state index contributed by atoms with van der Waals surface area (Å²) in [4.78, 5) is 12.0. The Balaban J connectivity index is 1.22. The quantitative estimate of drug-likeness (QED) is 0.615. The van der Waals surface area contributed by atoms with Gasteiger partial charge < -0.3 is 20.1 Å². The summed E-state index contributed by atoms with van der Waals surface area (Å²) < 4.78 is 10.6. The van der Waals surface area contributed by atoms with Gasteiger partial charge in [0, 0.05) is 29.7 Å². The third kappa shape index (κ3) is 3.52. The summed E-state index contributed by atoms with van der Waals surface area (Å²) in [5.41, 5.74) is 3.36. The lowest BCUT2D eigenvalue weighted by molar-refractivity contribution is 0.0927. The fourth-order valence-electron chi connectivity index (χ4n) is 4.35. The van der Waals surface area contributed by atoms with Gasteiger partial charge in [-0.3, -0.25) is 0 Å². The number of ether oxygens (including phenoxy) is 2. The third-order valence-corrected chi connectivity index (χ3v) is 5.83. The van der Waals surface area contributed by atoms with Gasteiger partial charge in [0.05, 0.1) is 0 Å². The summed E-state index contributed by atoms with van der Waals surface area (Å²) in [6, 6.07) is 17.1. The van der Waals surface area contributed by atoms with E-state index in [9.17, 15) is 4.79 Å². The zero-order chi connectivity index (χ0) is 18.2. The monoisotopic (exact) mass is 364 g/mol. The molecule has 3 aliphatic rings. The Morgan fingerprint density at radius 3 is 2.74 bits per heavy atom. The van der Waals surface area contributed by atoms with Crippen LogP contribution in [0.3, 0.4) is 0 Å². The van der Waals surface area contributed by atoms with Crippen LogP contribution in [0, 0.1) is 0 Å². The van der Waals surface area contributed by atoms with Crippen molar-refractivity contribution in [1.29, 1.82) is 0 Å². The number of hydrogen-bond donors (Lipinski definition) is 2. The normalized spacial score (nSPS) is 25.4. The molecular formula is C22H24N2O3. The fraction of sp³-hybridized carbons (Fsp3) is 0.409. The average Bonchev–Trinajstić information content (AvgIpc) is 3.32. The van der Waals surface area contributed by atoms with E-state index in [0.717, 1.165) is 23.7 Å². The van der Waals surface area contributed by atoms with Crippen LogP contribution in [-0.4, -0.2) is 24.3 Å². The second kappa shape index (κ2) is 6.89. The first-order chi connectivity index (χ1) is 13.3. The topological polar surface area (TPSA) is 59.6 Å². The Morgan fingerprint density at radius 2 is 1.93 bits per heavy atom. The molecule has 5 rings (SSSR count).